The maximum absolute atomic E-state index is 8.78. The van der Waals surface area contributed by atoms with Crippen LogP contribution in [0.15, 0.2) is 18.2 Å². The summed E-state index contributed by atoms with van der Waals surface area (Å²) in [5.74, 6) is 0. The van der Waals surface area contributed by atoms with E-state index in [2.05, 4.69) is 16.3 Å². The van der Waals surface area contributed by atoms with Crippen LogP contribution < -0.4 is 10.2 Å². The Hall–Kier alpha value is -1.24. The lowest BCUT2D eigenvalue weighted by molar-refractivity contribution is 0.226. The summed E-state index contributed by atoms with van der Waals surface area (Å²) in [6.45, 7) is 2.03. The molecule has 0 aromatic heterocycles. The van der Waals surface area contributed by atoms with Crippen molar-refractivity contribution in [1.29, 1.82) is 5.26 Å². The van der Waals surface area contributed by atoms with Gasteiger partial charge >= 0.3 is 0 Å². The Kier molecular flexibility index (Phi) is 2.27. The average Bonchev–Trinajstić information content (AvgIpc) is 2.28. The average molecular weight is 234 g/mol. The fourth-order valence-corrected chi connectivity index (χ4v) is 2.84. The Bertz CT molecular complexity index is 450. The van der Waals surface area contributed by atoms with E-state index in [1.54, 1.807) is 6.07 Å². The standard InChI is InChI=1S/C12H12ClN3/c13-11-3-8(5-14)1-2-12(11)16-6-9-4-10(7-16)15-9/h1-3,9-10,15H,4,6-7H2. The molecule has 3 aliphatic rings. The van der Waals surface area contributed by atoms with Gasteiger partial charge in [-0.1, -0.05) is 11.6 Å². The molecule has 2 bridgehead atoms. The van der Waals surface area contributed by atoms with Gasteiger partial charge < -0.3 is 10.2 Å². The third kappa shape index (κ3) is 1.55. The lowest BCUT2D eigenvalue weighted by atomic mass is 9.91. The number of hydrogen-bond acceptors (Lipinski definition) is 3. The van der Waals surface area contributed by atoms with E-state index in [4.69, 9.17) is 16.9 Å². The highest BCUT2D eigenvalue weighted by atomic mass is 35.5. The lowest BCUT2D eigenvalue weighted by Crippen LogP contribution is -2.67. The number of nitriles is 1. The molecule has 0 spiro atoms. The van der Waals surface area contributed by atoms with Crippen LogP contribution in [0.1, 0.15) is 12.0 Å². The maximum Gasteiger partial charge on any atom is 0.0992 e. The van der Waals surface area contributed by atoms with Crippen molar-refractivity contribution >= 4 is 17.3 Å². The topological polar surface area (TPSA) is 39.1 Å². The number of rotatable bonds is 1. The molecular formula is C12H12ClN3. The molecule has 82 valence electrons. The van der Waals surface area contributed by atoms with Crippen molar-refractivity contribution in [2.45, 2.75) is 18.5 Å². The molecule has 1 aromatic carbocycles. The molecule has 2 atom stereocenters. The molecule has 0 saturated carbocycles. The third-order valence-electron chi connectivity index (χ3n) is 3.34. The molecular weight excluding hydrogens is 222 g/mol. The molecule has 3 heterocycles. The number of fused-ring (bicyclic) bond motifs is 2. The predicted octanol–water partition coefficient (Wildman–Crippen LogP) is 1.76. The highest BCUT2D eigenvalue weighted by Gasteiger charge is 2.36. The van der Waals surface area contributed by atoms with Crippen LogP contribution in [-0.4, -0.2) is 25.2 Å². The van der Waals surface area contributed by atoms with Crippen LogP contribution in [0.3, 0.4) is 0 Å². The summed E-state index contributed by atoms with van der Waals surface area (Å²) >= 11 is 6.19. The van der Waals surface area contributed by atoms with Crippen LogP contribution in [0, 0.1) is 11.3 Å². The first-order valence-electron chi connectivity index (χ1n) is 5.47. The minimum atomic E-state index is 0.616. The minimum Gasteiger partial charge on any atom is -0.367 e. The number of benzene rings is 1. The van der Waals surface area contributed by atoms with Crippen molar-refractivity contribution in [3.05, 3.63) is 28.8 Å². The van der Waals surface area contributed by atoms with Gasteiger partial charge in [-0.2, -0.15) is 5.26 Å². The van der Waals surface area contributed by atoms with Gasteiger partial charge in [0.15, 0.2) is 0 Å². The van der Waals surface area contributed by atoms with Crippen LogP contribution in [0.2, 0.25) is 5.02 Å². The first-order valence-corrected chi connectivity index (χ1v) is 5.84. The van der Waals surface area contributed by atoms with E-state index >= 15 is 0 Å². The van der Waals surface area contributed by atoms with Gasteiger partial charge in [0.05, 0.1) is 22.3 Å². The van der Waals surface area contributed by atoms with Crippen LogP contribution >= 0.6 is 11.6 Å². The van der Waals surface area contributed by atoms with Crippen LogP contribution in [0.4, 0.5) is 5.69 Å². The van der Waals surface area contributed by atoms with Gasteiger partial charge in [-0.15, -0.1) is 0 Å². The molecule has 4 heteroatoms. The summed E-state index contributed by atoms with van der Waals surface area (Å²) < 4.78 is 0. The zero-order valence-corrected chi connectivity index (χ0v) is 9.54. The molecule has 16 heavy (non-hydrogen) atoms. The van der Waals surface area contributed by atoms with E-state index in [1.807, 2.05) is 12.1 Å². The molecule has 3 nitrogen and oxygen atoms in total. The van der Waals surface area contributed by atoms with E-state index in [-0.39, 0.29) is 0 Å². The molecule has 0 amide bonds. The van der Waals surface area contributed by atoms with Crippen molar-refractivity contribution in [2.75, 3.05) is 18.0 Å². The van der Waals surface area contributed by atoms with Crippen molar-refractivity contribution in [1.82, 2.24) is 5.32 Å². The second kappa shape index (κ2) is 3.65. The minimum absolute atomic E-state index is 0.616. The Balaban J connectivity index is 1.86. The smallest absolute Gasteiger partial charge is 0.0992 e. The van der Waals surface area contributed by atoms with Crippen molar-refractivity contribution in [3.8, 4) is 6.07 Å². The van der Waals surface area contributed by atoms with Gasteiger partial charge in [0.1, 0.15) is 0 Å². The molecule has 3 fully saturated rings. The van der Waals surface area contributed by atoms with E-state index in [0.29, 0.717) is 22.7 Å². The van der Waals surface area contributed by atoms with Crippen molar-refractivity contribution in [3.63, 3.8) is 0 Å². The largest absolute Gasteiger partial charge is 0.367 e. The quantitative estimate of drug-likeness (QED) is 0.804. The molecule has 4 rings (SSSR count). The van der Waals surface area contributed by atoms with Crippen LogP contribution in [-0.2, 0) is 0 Å². The predicted molar refractivity (Wildman–Crippen MR) is 63.7 cm³/mol. The summed E-state index contributed by atoms with van der Waals surface area (Å²) in [4.78, 5) is 2.30. The monoisotopic (exact) mass is 233 g/mol. The lowest BCUT2D eigenvalue weighted by Gasteiger charge is -2.49. The Labute approximate surface area is 99.6 Å². The molecule has 1 N–H and O–H groups in total. The fourth-order valence-electron chi connectivity index (χ4n) is 2.54. The summed E-state index contributed by atoms with van der Waals surface area (Å²) in [6, 6.07) is 8.85. The number of anilines is 1. The van der Waals surface area contributed by atoms with E-state index < -0.39 is 0 Å². The Morgan fingerprint density at radius 1 is 1.38 bits per heavy atom. The molecule has 0 radical (unpaired) electrons. The normalized spacial score (nSPS) is 27.1. The Morgan fingerprint density at radius 2 is 2.06 bits per heavy atom. The number of piperidine rings is 1. The fraction of sp³-hybridized carbons (Fsp3) is 0.417. The summed E-state index contributed by atoms with van der Waals surface area (Å²) in [7, 11) is 0. The van der Waals surface area contributed by atoms with E-state index in [1.165, 1.54) is 6.42 Å². The van der Waals surface area contributed by atoms with E-state index in [9.17, 15) is 0 Å². The van der Waals surface area contributed by atoms with E-state index in [0.717, 1.165) is 18.8 Å². The third-order valence-corrected chi connectivity index (χ3v) is 3.64. The van der Waals surface area contributed by atoms with Gasteiger partial charge in [0.25, 0.3) is 0 Å². The molecule has 3 saturated heterocycles. The SMILES string of the molecule is N#Cc1ccc(N2CC3CC(C2)N3)c(Cl)c1. The summed E-state index contributed by atoms with van der Waals surface area (Å²) in [5, 5.41) is 12.9. The zero-order valence-electron chi connectivity index (χ0n) is 8.78. The number of halogens is 1. The van der Waals surface area contributed by atoms with Gasteiger partial charge in [0, 0.05) is 25.2 Å². The zero-order chi connectivity index (χ0) is 11.1. The van der Waals surface area contributed by atoms with Gasteiger partial charge in [-0.3, -0.25) is 0 Å². The molecule has 3 aliphatic heterocycles. The summed E-state index contributed by atoms with van der Waals surface area (Å²) in [5.41, 5.74) is 1.67. The van der Waals surface area contributed by atoms with Crippen molar-refractivity contribution < 1.29 is 0 Å². The number of piperazine rings is 1. The molecule has 1 aromatic rings. The van der Waals surface area contributed by atoms with Gasteiger partial charge in [-0.25, -0.2) is 0 Å². The van der Waals surface area contributed by atoms with Crippen LogP contribution in [0.25, 0.3) is 0 Å². The second-order valence-corrected chi connectivity index (χ2v) is 4.89. The first kappa shape index (κ1) is 9.95. The highest BCUT2D eigenvalue weighted by molar-refractivity contribution is 6.33. The number of nitrogens with zero attached hydrogens (tertiary/aromatic N) is 2. The molecule has 0 aliphatic carbocycles. The number of nitrogens with one attached hydrogen (secondary N) is 1. The van der Waals surface area contributed by atoms with Crippen LogP contribution in [0.5, 0.6) is 0 Å². The van der Waals surface area contributed by atoms with Gasteiger partial charge in [0.2, 0.25) is 0 Å². The first-order chi connectivity index (χ1) is 7.76. The van der Waals surface area contributed by atoms with Crippen molar-refractivity contribution in [2.24, 2.45) is 0 Å². The summed E-state index contributed by atoms with van der Waals surface area (Å²) in [6.07, 6.45) is 1.28. The maximum atomic E-state index is 8.78. The molecule has 2 unspecified atom stereocenters. The second-order valence-electron chi connectivity index (χ2n) is 4.48. The van der Waals surface area contributed by atoms with Gasteiger partial charge in [-0.05, 0) is 24.6 Å². The Morgan fingerprint density at radius 3 is 2.62 bits per heavy atom. The number of hydrogen-bond donors (Lipinski definition) is 1. The highest BCUT2D eigenvalue weighted by Crippen LogP contribution is 2.31.